The summed E-state index contributed by atoms with van der Waals surface area (Å²) in [7, 11) is 0. The Morgan fingerprint density at radius 3 is 2.64 bits per heavy atom. The Labute approximate surface area is 143 Å². The third kappa shape index (κ3) is 3.63. The predicted molar refractivity (Wildman–Crippen MR) is 87.9 cm³/mol. The number of carbonyl (C=O) groups excluding carboxylic acids is 1. The van der Waals surface area contributed by atoms with Gasteiger partial charge in [-0.15, -0.1) is 0 Å². The third-order valence-electron chi connectivity index (χ3n) is 4.03. The van der Waals surface area contributed by atoms with Crippen LogP contribution in [-0.4, -0.2) is 17.0 Å². The van der Waals surface area contributed by atoms with Crippen LogP contribution >= 0.6 is 0 Å². The number of hydrogen-bond donors (Lipinski definition) is 0. The molecule has 0 saturated carbocycles. The topological polar surface area (TPSA) is 44.4 Å². The molecule has 0 unspecified atom stereocenters. The number of benzene rings is 1. The maximum absolute atomic E-state index is 13.2. The van der Waals surface area contributed by atoms with E-state index in [4.69, 9.17) is 9.15 Å². The van der Waals surface area contributed by atoms with Crippen LogP contribution in [0.1, 0.15) is 27.5 Å². The molecule has 0 bridgehead atoms. The van der Waals surface area contributed by atoms with Crippen LogP contribution in [-0.2, 0) is 6.54 Å². The van der Waals surface area contributed by atoms with Crippen molar-refractivity contribution in [2.45, 2.75) is 20.4 Å². The van der Waals surface area contributed by atoms with E-state index in [1.54, 1.807) is 12.3 Å². The second-order valence-corrected chi connectivity index (χ2v) is 5.74. The van der Waals surface area contributed by atoms with Crippen molar-refractivity contribution >= 4 is 5.78 Å². The van der Waals surface area contributed by atoms with Gasteiger partial charge in [-0.25, -0.2) is 8.78 Å². The number of aryl methyl sites for hydroxylation is 1. The number of Topliss-reactive ketones (excluding diaryl/α,β-unsaturated/α-hetero) is 1. The average molecular weight is 345 g/mol. The Hall–Kier alpha value is -2.89. The van der Waals surface area contributed by atoms with E-state index in [0.717, 1.165) is 29.3 Å². The Balaban J connectivity index is 1.72. The third-order valence-corrected chi connectivity index (χ3v) is 4.03. The number of rotatable bonds is 6. The monoisotopic (exact) mass is 345 g/mol. The van der Waals surface area contributed by atoms with Crippen LogP contribution in [0.4, 0.5) is 8.78 Å². The zero-order valence-electron chi connectivity index (χ0n) is 13.9. The average Bonchev–Trinajstić information content (AvgIpc) is 3.19. The maximum Gasteiger partial charge on any atom is 0.202 e. The van der Waals surface area contributed by atoms with Gasteiger partial charge in [-0.1, -0.05) is 0 Å². The molecule has 2 aromatic heterocycles. The van der Waals surface area contributed by atoms with E-state index in [9.17, 15) is 13.6 Å². The van der Waals surface area contributed by atoms with Crippen LogP contribution in [0.15, 0.2) is 47.1 Å². The lowest BCUT2D eigenvalue weighted by Gasteiger charge is -2.08. The van der Waals surface area contributed by atoms with Crippen LogP contribution in [0.25, 0.3) is 0 Å². The molecular formula is C19H17F2NO3. The number of nitrogens with zero attached hydrogens (tertiary/aromatic N) is 1. The molecular weight excluding hydrogens is 328 g/mol. The minimum absolute atomic E-state index is 0.108. The van der Waals surface area contributed by atoms with E-state index in [1.165, 1.54) is 6.07 Å². The first-order chi connectivity index (χ1) is 12.0. The molecule has 130 valence electrons. The molecule has 0 atom stereocenters. The van der Waals surface area contributed by atoms with Gasteiger partial charge in [0.25, 0.3) is 0 Å². The van der Waals surface area contributed by atoms with E-state index in [-0.39, 0.29) is 18.1 Å². The molecule has 0 amide bonds. The van der Waals surface area contributed by atoms with Gasteiger partial charge in [0.05, 0.1) is 12.8 Å². The van der Waals surface area contributed by atoms with Crippen molar-refractivity contribution in [2.24, 2.45) is 0 Å². The maximum atomic E-state index is 13.2. The van der Waals surface area contributed by atoms with Gasteiger partial charge in [-0.2, -0.15) is 0 Å². The van der Waals surface area contributed by atoms with Crippen molar-refractivity contribution in [3.63, 3.8) is 0 Å². The van der Waals surface area contributed by atoms with Crippen molar-refractivity contribution < 1.29 is 22.7 Å². The second kappa shape index (κ2) is 6.93. The van der Waals surface area contributed by atoms with Gasteiger partial charge in [0, 0.05) is 23.0 Å². The highest BCUT2D eigenvalue weighted by molar-refractivity contribution is 5.98. The molecule has 3 rings (SSSR count). The minimum atomic E-state index is -1.01. The highest BCUT2D eigenvalue weighted by Gasteiger charge is 2.17. The first-order valence-electron chi connectivity index (χ1n) is 7.76. The zero-order chi connectivity index (χ0) is 18.0. The molecule has 0 aliphatic carbocycles. The summed E-state index contributed by atoms with van der Waals surface area (Å²) in [5, 5.41) is 0. The van der Waals surface area contributed by atoms with Gasteiger partial charge in [0.1, 0.15) is 11.5 Å². The van der Waals surface area contributed by atoms with Crippen LogP contribution in [0.3, 0.4) is 0 Å². The lowest BCUT2D eigenvalue weighted by Crippen LogP contribution is -2.13. The van der Waals surface area contributed by atoms with E-state index >= 15 is 0 Å². The molecule has 1 aromatic carbocycles. The fourth-order valence-corrected chi connectivity index (χ4v) is 2.68. The van der Waals surface area contributed by atoms with Crippen molar-refractivity contribution in [1.29, 1.82) is 0 Å². The number of furan rings is 1. The molecule has 0 fully saturated rings. The molecule has 0 N–H and O–H groups in total. The van der Waals surface area contributed by atoms with Gasteiger partial charge < -0.3 is 13.7 Å². The molecule has 0 aliphatic heterocycles. The second-order valence-electron chi connectivity index (χ2n) is 5.74. The fourth-order valence-electron chi connectivity index (χ4n) is 2.68. The number of carbonyl (C=O) groups is 1. The molecule has 2 heterocycles. The highest BCUT2D eigenvalue weighted by Crippen LogP contribution is 2.20. The number of halogens is 2. The van der Waals surface area contributed by atoms with Gasteiger partial charge in [0.15, 0.2) is 18.2 Å². The van der Waals surface area contributed by atoms with Crippen molar-refractivity contribution in [1.82, 2.24) is 4.57 Å². The summed E-state index contributed by atoms with van der Waals surface area (Å²) < 4.78 is 38.7. The van der Waals surface area contributed by atoms with Crippen molar-refractivity contribution in [2.75, 3.05) is 6.61 Å². The summed E-state index contributed by atoms with van der Waals surface area (Å²) in [6.45, 7) is 4.03. The quantitative estimate of drug-likeness (QED) is 0.626. The fraction of sp³-hybridized carbons (Fsp3) is 0.211. The Bertz CT molecular complexity index is 898. The molecule has 4 nitrogen and oxygen atoms in total. The molecule has 3 aromatic rings. The smallest absolute Gasteiger partial charge is 0.202 e. The summed E-state index contributed by atoms with van der Waals surface area (Å²) in [5.41, 5.74) is 2.25. The largest absolute Gasteiger partial charge is 0.485 e. The first-order valence-corrected chi connectivity index (χ1v) is 7.76. The van der Waals surface area contributed by atoms with Crippen molar-refractivity contribution in [3.05, 3.63) is 77.0 Å². The van der Waals surface area contributed by atoms with Gasteiger partial charge >= 0.3 is 0 Å². The number of hydrogen-bond acceptors (Lipinski definition) is 3. The Morgan fingerprint density at radius 1 is 1.16 bits per heavy atom. The van der Waals surface area contributed by atoms with E-state index in [0.29, 0.717) is 12.1 Å². The molecule has 0 saturated heterocycles. The Morgan fingerprint density at radius 2 is 1.96 bits per heavy atom. The summed E-state index contributed by atoms with van der Waals surface area (Å²) in [6, 6.07) is 8.63. The Kier molecular flexibility index (Phi) is 4.70. The van der Waals surface area contributed by atoms with Crippen LogP contribution in [0.2, 0.25) is 0 Å². The number of ether oxygens (including phenoxy) is 1. The van der Waals surface area contributed by atoms with E-state index < -0.39 is 11.6 Å². The van der Waals surface area contributed by atoms with Crippen LogP contribution in [0.5, 0.6) is 5.75 Å². The lowest BCUT2D eigenvalue weighted by atomic mass is 10.1. The van der Waals surface area contributed by atoms with Gasteiger partial charge in [-0.3, -0.25) is 4.79 Å². The summed E-state index contributed by atoms with van der Waals surface area (Å²) in [5.74, 6) is -1.30. The first kappa shape index (κ1) is 17.0. The van der Waals surface area contributed by atoms with Crippen LogP contribution in [0, 0.1) is 25.5 Å². The normalized spacial score (nSPS) is 10.9. The summed E-state index contributed by atoms with van der Waals surface area (Å²) >= 11 is 0. The van der Waals surface area contributed by atoms with Crippen LogP contribution < -0.4 is 4.74 Å². The standard InChI is InChI=1S/C19H17F2NO3/c1-12-8-16(13(2)22(12)10-15-4-3-7-24-15)19(23)11-25-14-5-6-17(20)18(21)9-14/h3-9H,10-11H2,1-2H3. The molecule has 0 spiro atoms. The molecule has 0 radical (unpaired) electrons. The number of aromatic nitrogens is 1. The van der Waals surface area contributed by atoms with E-state index in [1.807, 2.05) is 30.5 Å². The summed E-state index contributed by atoms with van der Waals surface area (Å²) in [4.78, 5) is 12.4. The predicted octanol–water partition coefficient (Wildman–Crippen LogP) is 4.29. The van der Waals surface area contributed by atoms with Gasteiger partial charge in [-0.05, 0) is 44.2 Å². The lowest BCUT2D eigenvalue weighted by molar-refractivity contribution is 0.0920. The molecule has 25 heavy (non-hydrogen) atoms. The van der Waals surface area contributed by atoms with Crippen molar-refractivity contribution in [3.8, 4) is 5.75 Å². The summed E-state index contributed by atoms with van der Waals surface area (Å²) in [6.07, 6.45) is 1.60. The molecule has 6 heteroatoms. The zero-order valence-corrected chi connectivity index (χ0v) is 13.9. The molecule has 0 aliphatic rings. The van der Waals surface area contributed by atoms with Gasteiger partial charge in [0.2, 0.25) is 5.78 Å². The SMILES string of the molecule is Cc1cc(C(=O)COc2ccc(F)c(F)c2)c(C)n1Cc1ccco1. The number of ketones is 1. The highest BCUT2D eigenvalue weighted by atomic mass is 19.2. The minimum Gasteiger partial charge on any atom is -0.485 e. The van der Waals surface area contributed by atoms with E-state index in [2.05, 4.69) is 0 Å².